The van der Waals surface area contributed by atoms with Gasteiger partial charge in [-0.2, -0.15) is 11.8 Å². The molecule has 1 heterocycles. The molecule has 0 aliphatic rings. The fraction of sp³-hybridized carbons (Fsp3) is 0.500. The number of allylic oxidation sites excluding steroid dienone is 5. The molecule has 5 heteroatoms. The number of carboxylic acid groups (broad SMARTS) is 1. The number of pyridine rings is 1. The average molecular weight is 417 g/mol. The summed E-state index contributed by atoms with van der Waals surface area (Å²) in [6.07, 6.45) is 12.9. The second-order valence-electron chi connectivity index (χ2n) is 7.75. The largest absolute Gasteiger partial charge is 0.480 e. The van der Waals surface area contributed by atoms with Crippen LogP contribution in [0.25, 0.3) is 0 Å². The van der Waals surface area contributed by atoms with E-state index in [-0.39, 0.29) is 0 Å². The van der Waals surface area contributed by atoms with Crippen LogP contribution in [0.5, 0.6) is 0 Å². The molecule has 160 valence electrons. The molecule has 0 aliphatic heterocycles. The van der Waals surface area contributed by atoms with Crippen LogP contribution in [0.4, 0.5) is 5.82 Å². The van der Waals surface area contributed by atoms with E-state index in [1.54, 1.807) is 18.0 Å². The van der Waals surface area contributed by atoms with E-state index in [1.165, 1.54) is 16.7 Å². The zero-order chi connectivity index (χ0) is 21.6. The van der Waals surface area contributed by atoms with Crippen LogP contribution in [-0.2, 0) is 4.79 Å². The van der Waals surface area contributed by atoms with Gasteiger partial charge in [0, 0.05) is 17.7 Å². The molecule has 0 fully saturated rings. The number of carbonyl (C=O) groups is 1. The summed E-state index contributed by atoms with van der Waals surface area (Å²) in [6.45, 7) is 10.6. The number of thioether (sulfide) groups is 1. The minimum atomic E-state index is -0.852. The van der Waals surface area contributed by atoms with Crippen molar-refractivity contribution >= 4 is 23.5 Å². The van der Waals surface area contributed by atoms with Crippen molar-refractivity contribution in [2.24, 2.45) is 0 Å². The van der Waals surface area contributed by atoms with E-state index in [9.17, 15) is 9.90 Å². The van der Waals surface area contributed by atoms with Crippen LogP contribution in [0.1, 0.15) is 58.9 Å². The van der Waals surface area contributed by atoms with Crippen LogP contribution in [0.15, 0.2) is 53.3 Å². The number of hydrogen-bond donors (Lipinski definition) is 2. The van der Waals surface area contributed by atoms with E-state index in [1.807, 2.05) is 19.1 Å². The summed E-state index contributed by atoms with van der Waals surface area (Å²) in [6, 6.07) is 3.09. The number of aryl methyl sites for hydroxylation is 1. The van der Waals surface area contributed by atoms with Crippen LogP contribution < -0.4 is 5.32 Å². The molecule has 0 aromatic carbocycles. The monoisotopic (exact) mass is 416 g/mol. The van der Waals surface area contributed by atoms with Gasteiger partial charge in [0.15, 0.2) is 0 Å². The van der Waals surface area contributed by atoms with Gasteiger partial charge >= 0.3 is 5.97 Å². The first-order valence-corrected chi connectivity index (χ1v) is 11.4. The first-order chi connectivity index (χ1) is 13.8. The molecule has 1 rings (SSSR count). The lowest BCUT2D eigenvalue weighted by Gasteiger charge is -2.14. The molecule has 0 aliphatic carbocycles. The van der Waals surface area contributed by atoms with Crippen molar-refractivity contribution in [1.82, 2.24) is 4.98 Å². The molecule has 0 spiro atoms. The fourth-order valence-corrected chi connectivity index (χ4v) is 3.63. The van der Waals surface area contributed by atoms with Crippen molar-refractivity contribution in [1.29, 1.82) is 0 Å². The predicted octanol–water partition coefficient (Wildman–Crippen LogP) is 6.41. The molecule has 1 atom stereocenters. The van der Waals surface area contributed by atoms with Crippen LogP contribution in [-0.4, -0.2) is 33.6 Å². The van der Waals surface area contributed by atoms with E-state index >= 15 is 0 Å². The maximum Gasteiger partial charge on any atom is 0.327 e. The van der Waals surface area contributed by atoms with Crippen molar-refractivity contribution in [2.45, 2.75) is 66.3 Å². The third-order valence-corrected chi connectivity index (χ3v) is 5.46. The number of aliphatic carboxylic acids is 1. The van der Waals surface area contributed by atoms with E-state index in [2.05, 4.69) is 56.2 Å². The van der Waals surface area contributed by atoms with Crippen molar-refractivity contribution in [3.8, 4) is 0 Å². The maximum absolute atomic E-state index is 11.5. The molecular weight excluding hydrogens is 380 g/mol. The number of hydrogen-bond acceptors (Lipinski definition) is 4. The molecule has 0 saturated carbocycles. The van der Waals surface area contributed by atoms with Crippen molar-refractivity contribution in [2.75, 3.05) is 16.8 Å². The third-order valence-electron chi connectivity index (χ3n) is 4.49. The number of carboxylic acids is 1. The Morgan fingerprint density at radius 1 is 1.10 bits per heavy atom. The molecule has 1 aromatic rings. The lowest BCUT2D eigenvalue weighted by atomic mass is 10.1. The fourth-order valence-electron chi connectivity index (χ4n) is 2.63. The zero-order valence-electron chi connectivity index (χ0n) is 18.5. The second-order valence-corrected chi connectivity index (χ2v) is 8.83. The highest BCUT2D eigenvalue weighted by atomic mass is 32.2. The molecule has 1 unspecified atom stereocenters. The molecule has 2 N–H and O–H groups in total. The minimum absolute atomic E-state index is 0.498. The third kappa shape index (κ3) is 12.2. The molecule has 0 radical (unpaired) electrons. The van der Waals surface area contributed by atoms with Crippen molar-refractivity contribution in [3.63, 3.8) is 0 Å². The average Bonchev–Trinajstić information content (AvgIpc) is 2.65. The SMILES string of the molecule is CC(C)=CCC/C(C)=C/CC/C(C)=C/CSCC(Nc1ccc(C)cn1)C(=O)O. The van der Waals surface area contributed by atoms with Gasteiger partial charge in [-0.3, -0.25) is 0 Å². The molecule has 0 saturated heterocycles. The summed E-state index contributed by atoms with van der Waals surface area (Å²) in [7, 11) is 0. The van der Waals surface area contributed by atoms with Crippen LogP contribution in [0, 0.1) is 6.92 Å². The Balaban J connectivity index is 2.33. The first-order valence-electron chi connectivity index (χ1n) is 10.2. The Hall–Kier alpha value is -2.01. The summed E-state index contributed by atoms with van der Waals surface area (Å²) >= 11 is 1.62. The highest BCUT2D eigenvalue weighted by molar-refractivity contribution is 7.99. The van der Waals surface area contributed by atoms with Crippen LogP contribution in [0.2, 0.25) is 0 Å². The highest BCUT2D eigenvalue weighted by Gasteiger charge is 2.17. The van der Waals surface area contributed by atoms with Gasteiger partial charge in [-0.15, -0.1) is 0 Å². The van der Waals surface area contributed by atoms with Gasteiger partial charge in [-0.05, 0) is 71.9 Å². The number of aromatic nitrogens is 1. The van der Waals surface area contributed by atoms with E-state index in [0.717, 1.165) is 37.0 Å². The Bertz CT molecular complexity index is 717. The maximum atomic E-state index is 11.5. The van der Waals surface area contributed by atoms with Crippen LogP contribution >= 0.6 is 11.8 Å². The summed E-state index contributed by atoms with van der Waals surface area (Å²) in [4.78, 5) is 15.7. The number of nitrogens with one attached hydrogen (secondary N) is 1. The Kier molecular flexibility index (Phi) is 12.1. The normalized spacial score (nSPS) is 13.1. The Morgan fingerprint density at radius 3 is 2.34 bits per heavy atom. The van der Waals surface area contributed by atoms with E-state index in [0.29, 0.717) is 11.6 Å². The smallest absolute Gasteiger partial charge is 0.327 e. The Labute approximate surface area is 180 Å². The summed E-state index contributed by atoms with van der Waals surface area (Å²) in [5.74, 6) is 1.07. The predicted molar refractivity (Wildman–Crippen MR) is 127 cm³/mol. The topological polar surface area (TPSA) is 62.2 Å². The van der Waals surface area contributed by atoms with Gasteiger partial charge in [0.25, 0.3) is 0 Å². The summed E-state index contributed by atoms with van der Waals surface area (Å²) in [5.41, 5.74) is 5.23. The van der Waals surface area contributed by atoms with Crippen molar-refractivity contribution in [3.05, 3.63) is 58.8 Å². The number of nitrogens with zero attached hydrogens (tertiary/aromatic N) is 1. The van der Waals surface area contributed by atoms with E-state index in [4.69, 9.17) is 0 Å². The quantitative estimate of drug-likeness (QED) is 0.287. The lowest BCUT2D eigenvalue weighted by Crippen LogP contribution is -2.32. The second kappa shape index (κ2) is 14.0. The zero-order valence-corrected chi connectivity index (χ0v) is 19.3. The number of anilines is 1. The molecule has 0 amide bonds. The molecule has 29 heavy (non-hydrogen) atoms. The minimum Gasteiger partial charge on any atom is -0.480 e. The van der Waals surface area contributed by atoms with Gasteiger partial charge in [-0.25, -0.2) is 9.78 Å². The molecule has 1 aromatic heterocycles. The Morgan fingerprint density at radius 2 is 1.76 bits per heavy atom. The molecular formula is C24H36N2O2S. The van der Waals surface area contributed by atoms with Gasteiger partial charge in [-0.1, -0.05) is 41.0 Å². The van der Waals surface area contributed by atoms with Crippen molar-refractivity contribution < 1.29 is 9.90 Å². The van der Waals surface area contributed by atoms with Gasteiger partial charge in [0.2, 0.25) is 0 Å². The van der Waals surface area contributed by atoms with Gasteiger partial charge in [0.05, 0.1) is 0 Å². The first kappa shape index (κ1) is 25.0. The molecule has 0 bridgehead atoms. The standard InChI is InChI=1S/C24H36N2O2S/c1-18(2)8-6-9-19(3)10-7-11-20(4)14-15-29-17-22(24(27)28)26-23-13-12-21(5)16-25-23/h8,10,12-14,16,22H,6-7,9,11,15,17H2,1-5H3,(H,25,26)(H,27,28)/b19-10+,20-14+. The summed E-state index contributed by atoms with van der Waals surface area (Å²) in [5, 5.41) is 12.4. The van der Waals surface area contributed by atoms with Gasteiger partial charge < -0.3 is 10.4 Å². The summed E-state index contributed by atoms with van der Waals surface area (Å²) < 4.78 is 0. The van der Waals surface area contributed by atoms with Gasteiger partial charge in [0.1, 0.15) is 11.9 Å². The van der Waals surface area contributed by atoms with Crippen LogP contribution in [0.3, 0.4) is 0 Å². The highest BCUT2D eigenvalue weighted by Crippen LogP contribution is 2.14. The van der Waals surface area contributed by atoms with E-state index < -0.39 is 12.0 Å². The number of rotatable bonds is 13. The molecule has 4 nitrogen and oxygen atoms in total. The lowest BCUT2D eigenvalue weighted by molar-refractivity contribution is -0.137.